The van der Waals surface area contributed by atoms with Gasteiger partial charge in [-0.25, -0.2) is 4.39 Å². The average Bonchev–Trinajstić information content (AvgIpc) is 2.43. The molecule has 0 radical (unpaired) electrons. The van der Waals surface area contributed by atoms with E-state index < -0.39 is 17.7 Å². The van der Waals surface area contributed by atoms with Gasteiger partial charge in [0.15, 0.2) is 11.6 Å². The van der Waals surface area contributed by atoms with Crippen molar-refractivity contribution >= 4 is 15.9 Å². The van der Waals surface area contributed by atoms with Gasteiger partial charge in [0.2, 0.25) is 5.82 Å². The number of nitriles is 1. The van der Waals surface area contributed by atoms with Crippen LogP contribution in [0.15, 0.2) is 34.8 Å². The third kappa shape index (κ3) is 3.38. The van der Waals surface area contributed by atoms with Crippen LogP contribution in [0.1, 0.15) is 24.2 Å². The zero-order valence-electron chi connectivity index (χ0n) is 10.9. The lowest BCUT2D eigenvalue weighted by molar-refractivity contribution is 0.195. The van der Waals surface area contributed by atoms with E-state index in [1.165, 1.54) is 31.2 Å². The Bertz CT molecular complexity index is 726. The molecular formula is C15H10BrF2NO2. The van der Waals surface area contributed by atoms with Crippen LogP contribution in [0, 0.1) is 23.0 Å². The quantitative estimate of drug-likeness (QED) is 0.829. The maximum atomic E-state index is 13.7. The standard InChI is InChI=1S/C15H10BrF2NO2/c1-8(20)11-3-2-9(7-19)4-13(11)21-14-6-10(16)5-12(17)15(14)18/h2-6,8,20H,1H3/t8-/m0/s1. The summed E-state index contributed by atoms with van der Waals surface area (Å²) in [7, 11) is 0. The van der Waals surface area contributed by atoms with Crippen LogP contribution < -0.4 is 4.74 Å². The van der Waals surface area contributed by atoms with E-state index in [1.54, 1.807) is 0 Å². The molecule has 2 aromatic rings. The number of halogens is 3. The van der Waals surface area contributed by atoms with Crippen molar-refractivity contribution in [1.29, 1.82) is 5.26 Å². The van der Waals surface area contributed by atoms with Crippen LogP contribution in [0.25, 0.3) is 0 Å². The van der Waals surface area contributed by atoms with E-state index in [-0.39, 0.29) is 17.1 Å². The van der Waals surface area contributed by atoms with E-state index in [2.05, 4.69) is 15.9 Å². The second kappa shape index (κ2) is 6.20. The van der Waals surface area contributed by atoms with Gasteiger partial charge in [0.25, 0.3) is 0 Å². The molecular weight excluding hydrogens is 344 g/mol. The maximum absolute atomic E-state index is 13.7. The molecule has 21 heavy (non-hydrogen) atoms. The SMILES string of the molecule is C[C@H](O)c1ccc(C#N)cc1Oc1cc(Br)cc(F)c1F. The molecule has 1 atom stereocenters. The first kappa shape index (κ1) is 15.4. The highest BCUT2D eigenvalue weighted by molar-refractivity contribution is 9.10. The summed E-state index contributed by atoms with van der Waals surface area (Å²) in [6.07, 6.45) is -0.882. The van der Waals surface area contributed by atoms with E-state index in [0.29, 0.717) is 10.0 Å². The van der Waals surface area contributed by atoms with Gasteiger partial charge in [-0.15, -0.1) is 0 Å². The Kier molecular flexibility index (Phi) is 4.56. The van der Waals surface area contributed by atoms with E-state index in [9.17, 15) is 13.9 Å². The van der Waals surface area contributed by atoms with Crippen molar-refractivity contribution in [2.75, 3.05) is 0 Å². The smallest absolute Gasteiger partial charge is 0.201 e. The lowest BCUT2D eigenvalue weighted by atomic mass is 10.1. The molecule has 0 heterocycles. The minimum Gasteiger partial charge on any atom is -0.454 e. The van der Waals surface area contributed by atoms with Crippen LogP contribution in [0.2, 0.25) is 0 Å². The molecule has 2 aromatic carbocycles. The molecule has 0 fully saturated rings. The number of aliphatic hydroxyl groups is 1. The molecule has 0 bridgehead atoms. The van der Waals surface area contributed by atoms with Gasteiger partial charge in [-0.2, -0.15) is 9.65 Å². The van der Waals surface area contributed by atoms with Crippen molar-refractivity contribution in [3.05, 3.63) is 57.6 Å². The Morgan fingerprint density at radius 1 is 1.24 bits per heavy atom. The predicted octanol–water partition coefficient (Wildman–Crippen LogP) is 4.44. The van der Waals surface area contributed by atoms with Crippen LogP contribution in [0.3, 0.4) is 0 Å². The minimum absolute atomic E-state index is 0.0976. The highest BCUT2D eigenvalue weighted by Crippen LogP contribution is 2.34. The summed E-state index contributed by atoms with van der Waals surface area (Å²) in [4.78, 5) is 0. The summed E-state index contributed by atoms with van der Waals surface area (Å²) in [6.45, 7) is 1.51. The van der Waals surface area contributed by atoms with E-state index in [1.807, 2.05) is 6.07 Å². The summed E-state index contributed by atoms with van der Waals surface area (Å²) in [5.74, 6) is -2.44. The zero-order chi connectivity index (χ0) is 15.6. The molecule has 0 aliphatic rings. The summed E-state index contributed by atoms with van der Waals surface area (Å²) < 4.78 is 32.8. The number of rotatable bonds is 3. The third-order valence-corrected chi connectivity index (χ3v) is 3.23. The van der Waals surface area contributed by atoms with Crippen molar-refractivity contribution < 1.29 is 18.6 Å². The summed E-state index contributed by atoms with van der Waals surface area (Å²) in [5, 5.41) is 18.6. The molecule has 0 aromatic heterocycles. The number of hydrogen-bond acceptors (Lipinski definition) is 3. The van der Waals surface area contributed by atoms with Gasteiger partial charge >= 0.3 is 0 Å². The van der Waals surface area contributed by atoms with Gasteiger partial charge in [-0.05, 0) is 31.2 Å². The summed E-state index contributed by atoms with van der Waals surface area (Å²) in [5.41, 5.74) is 0.652. The molecule has 0 aliphatic carbocycles. The zero-order valence-corrected chi connectivity index (χ0v) is 12.5. The first-order chi connectivity index (χ1) is 9.92. The van der Waals surface area contributed by atoms with Crippen LogP contribution in [0.5, 0.6) is 11.5 Å². The van der Waals surface area contributed by atoms with Crippen molar-refractivity contribution in [1.82, 2.24) is 0 Å². The number of aliphatic hydroxyl groups excluding tert-OH is 1. The fourth-order valence-corrected chi connectivity index (χ4v) is 2.17. The highest BCUT2D eigenvalue weighted by atomic mass is 79.9. The van der Waals surface area contributed by atoms with Crippen LogP contribution in [-0.4, -0.2) is 5.11 Å². The van der Waals surface area contributed by atoms with Gasteiger partial charge < -0.3 is 9.84 Å². The van der Waals surface area contributed by atoms with Gasteiger partial charge in [0.05, 0.1) is 17.7 Å². The first-order valence-corrected chi connectivity index (χ1v) is 6.76. The molecule has 0 spiro atoms. The molecule has 0 aliphatic heterocycles. The number of benzene rings is 2. The molecule has 0 saturated carbocycles. The van der Waals surface area contributed by atoms with Crippen LogP contribution in [0.4, 0.5) is 8.78 Å². The van der Waals surface area contributed by atoms with Gasteiger partial charge in [0.1, 0.15) is 5.75 Å². The Labute approximate surface area is 128 Å². The molecule has 108 valence electrons. The molecule has 0 amide bonds. The molecule has 0 saturated heterocycles. The van der Waals surface area contributed by atoms with Crippen molar-refractivity contribution in [2.24, 2.45) is 0 Å². The fourth-order valence-electron chi connectivity index (χ4n) is 1.76. The third-order valence-electron chi connectivity index (χ3n) is 2.77. The second-order valence-corrected chi connectivity index (χ2v) is 5.26. The maximum Gasteiger partial charge on any atom is 0.201 e. The predicted molar refractivity (Wildman–Crippen MR) is 75.9 cm³/mol. The number of nitrogens with zero attached hydrogens (tertiary/aromatic N) is 1. The molecule has 3 nitrogen and oxygen atoms in total. The number of hydrogen-bond donors (Lipinski definition) is 1. The second-order valence-electron chi connectivity index (χ2n) is 4.34. The lowest BCUT2D eigenvalue weighted by Gasteiger charge is -2.14. The Hall–Kier alpha value is -1.97. The largest absolute Gasteiger partial charge is 0.454 e. The van der Waals surface area contributed by atoms with E-state index in [0.717, 1.165) is 6.07 Å². The monoisotopic (exact) mass is 353 g/mol. The van der Waals surface area contributed by atoms with Crippen LogP contribution in [-0.2, 0) is 0 Å². The van der Waals surface area contributed by atoms with E-state index in [4.69, 9.17) is 10.00 Å². The molecule has 1 N–H and O–H groups in total. The fraction of sp³-hybridized carbons (Fsp3) is 0.133. The van der Waals surface area contributed by atoms with Crippen molar-refractivity contribution in [2.45, 2.75) is 13.0 Å². The molecule has 6 heteroatoms. The van der Waals surface area contributed by atoms with E-state index >= 15 is 0 Å². The first-order valence-electron chi connectivity index (χ1n) is 5.97. The number of ether oxygens (including phenoxy) is 1. The van der Waals surface area contributed by atoms with Gasteiger partial charge in [-0.1, -0.05) is 22.0 Å². The van der Waals surface area contributed by atoms with Gasteiger partial charge in [0, 0.05) is 10.0 Å². The van der Waals surface area contributed by atoms with Crippen molar-refractivity contribution in [3.63, 3.8) is 0 Å². The van der Waals surface area contributed by atoms with Crippen LogP contribution >= 0.6 is 15.9 Å². The normalized spacial score (nSPS) is 11.8. The summed E-state index contributed by atoms with van der Waals surface area (Å²) >= 11 is 3.05. The van der Waals surface area contributed by atoms with Gasteiger partial charge in [-0.3, -0.25) is 0 Å². The molecule has 0 unspecified atom stereocenters. The highest BCUT2D eigenvalue weighted by Gasteiger charge is 2.16. The lowest BCUT2D eigenvalue weighted by Crippen LogP contribution is -1.99. The average molecular weight is 354 g/mol. The molecule has 2 rings (SSSR count). The van der Waals surface area contributed by atoms with Crippen molar-refractivity contribution in [3.8, 4) is 17.6 Å². The summed E-state index contributed by atoms with van der Waals surface area (Å²) in [6, 6.07) is 8.53. The topological polar surface area (TPSA) is 53.2 Å². The Morgan fingerprint density at radius 3 is 2.57 bits per heavy atom. The Balaban J connectivity index is 2.51. The Morgan fingerprint density at radius 2 is 1.95 bits per heavy atom. The minimum atomic E-state index is -1.14.